The van der Waals surface area contributed by atoms with Gasteiger partial charge in [0.15, 0.2) is 0 Å². The Morgan fingerprint density at radius 3 is 2.62 bits per heavy atom. The minimum Gasteiger partial charge on any atom is -0.371 e. The molecule has 6 nitrogen and oxygen atoms in total. The quantitative estimate of drug-likeness (QED) is 0.819. The number of carbonyl (C=O) groups excluding carboxylic acids is 1. The number of amides is 1. The van der Waals surface area contributed by atoms with E-state index < -0.39 is 0 Å². The van der Waals surface area contributed by atoms with Crippen LogP contribution in [0.5, 0.6) is 0 Å². The molecule has 1 unspecified atom stereocenters. The number of pyridine rings is 1. The van der Waals surface area contributed by atoms with Crippen LogP contribution in [0.2, 0.25) is 0 Å². The molecule has 0 N–H and O–H groups in total. The summed E-state index contributed by atoms with van der Waals surface area (Å²) in [5.74, 6) is 0.216. The van der Waals surface area contributed by atoms with Crippen LogP contribution < -0.4 is 4.90 Å². The Balaban J connectivity index is 1.43. The van der Waals surface area contributed by atoms with Crippen LogP contribution >= 0.6 is 0 Å². The third kappa shape index (κ3) is 2.78. The zero-order valence-electron chi connectivity index (χ0n) is 14.5. The molecule has 0 radical (unpaired) electrons. The average molecular weight is 330 g/mol. The molecule has 3 saturated heterocycles. The van der Waals surface area contributed by atoms with Gasteiger partial charge in [-0.1, -0.05) is 0 Å². The van der Waals surface area contributed by atoms with Gasteiger partial charge in [0, 0.05) is 43.8 Å². The van der Waals surface area contributed by atoms with Crippen molar-refractivity contribution in [2.75, 3.05) is 37.6 Å². The highest BCUT2D eigenvalue weighted by molar-refractivity contribution is 5.79. The van der Waals surface area contributed by atoms with E-state index in [4.69, 9.17) is 4.74 Å². The minimum absolute atomic E-state index is 0.0684. The predicted octanol–water partition coefficient (Wildman–Crippen LogP) is 1.33. The third-order valence-electron chi connectivity index (χ3n) is 5.67. The smallest absolute Gasteiger partial charge is 0.238 e. The summed E-state index contributed by atoms with van der Waals surface area (Å²) in [6.45, 7) is 8.32. The molecule has 0 aromatic carbocycles. The molecule has 6 heteroatoms. The molecule has 1 atom stereocenters. The van der Waals surface area contributed by atoms with Crippen molar-refractivity contribution in [3.63, 3.8) is 0 Å². The van der Waals surface area contributed by atoms with E-state index in [-0.39, 0.29) is 17.7 Å². The zero-order chi connectivity index (χ0) is 16.7. The molecule has 0 aliphatic carbocycles. The summed E-state index contributed by atoms with van der Waals surface area (Å²) in [7, 11) is 0. The molecule has 0 bridgehead atoms. The maximum atomic E-state index is 12.5. The van der Waals surface area contributed by atoms with Gasteiger partial charge >= 0.3 is 0 Å². The standard InChI is InChI=1S/C18H26N4O2/c1-14(2)21-11-16(23)22-13-18(24-17(22)12-21)5-9-20(10-6-18)15-3-7-19-8-4-15/h3-4,7-8,14,17H,5-6,9-13H2,1-2H3. The van der Waals surface area contributed by atoms with Crippen molar-refractivity contribution in [1.29, 1.82) is 0 Å². The van der Waals surface area contributed by atoms with Gasteiger partial charge in [-0.25, -0.2) is 0 Å². The van der Waals surface area contributed by atoms with Gasteiger partial charge in [-0.05, 0) is 38.8 Å². The minimum atomic E-state index is -0.156. The molecule has 4 rings (SSSR count). The Hall–Kier alpha value is -1.66. The van der Waals surface area contributed by atoms with Crippen LogP contribution in [0.4, 0.5) is 5.69 Å². The summed E-state index contributed by atoms with van der Waals surface area (Å²) < 4.78 is 6.45. The summed E-state index contributed by atoms with van der Waals surface area (Å²) in [6.07, 6.45) is 5.55. The van der Waals surface area contributed by atoms with Crippen LogP contribution in [0.1, 0.15) is 26.7 Å². The molecule has 130 valence electrons. The summed E-state index contributed by atoms with van der Waals surface area (Å²) in [5, 5.41) is 0. The highest BCUT2D eigenvalue weighted by Gasteiger charge is 2.50. The summed E-state index contributed by atoms with van der Waals surface area (Å²) >= 11 is 0. The molecular weight excluding hydrogens is 304 g/mol. The lowest BCUT2D eigenvalue weighted by Gasteiger charge is -2.39. The van der Waals surface area contributed by atoms with Gasteiger partial charge < -0.3 is 14.5 Å². The number of carbonyl (C=O) groups is 1. The average Bonchev–Trinajstić information content (AvgIpc) is 2.95. The molecule has 3 fully saturated rings. The first kappa shape index (κ1) is 15.8. The van der Waals surface area contributed by atoms with Crippen molar-refractivity contribution in [3.8, 4) is 0 Å². The second-order valence-electron chi connectivity index (χ2n) is 7.49. The molecule has 1 aromatic rings. The van der Waals surface area contributed by atoms with Gasteiger partial charge in [0.05, 0.1) is 18.7 Å². The topological polar surface area (TPSA) is 48.9 Å². The second-order valence-corrected chi connectivity index (χ2v) is 7.49. The lowest BCUT2D eigenvalue weighted by Crippen LogP contribution is -2.55. The maximum Gasteiger partial charge on any atom is 0.238 e. The van der Waals surface area contributed by atoms with E-state index >= 15 is 0 Å². The Kier molecular flexibility index (Phi) is 3.96. The van der Waals surface area contributed by atoms with Crippen molar-refractivity contribution >= 4 is 11.6 Å². The highest BCUT2D eigenvalue weighted by atomic mass is 16.5. The van der Waals surface area contributed by atoms with Gasteiger partial charge in [-0.15, -0.1) is 0 Å². The highest BCUT2D eigenvalue weighted by Crippen LogP contribution is 2.38. The number of fused-ring (bicyclic) bond motifs is 1. The number of ether oxygens (including phenoxy) is 1. The van der Waals surface area contributed by atoms with Crippen molar-refractivity contribution < 1.29 is 9.53 Å². The van der Waals surface area contributed by atoms with Gasteiger partial charge in [0.2, 0.25) is 5.91 Å². The van der Waals surface area contributed by atoms with E-state index in [1.807, 2.05) is 17.3 Å². The SMILES string of the molecule is CC(C)N1CC(=O)N2CC3(CCN(c4ccncc4)CC3)OC2C1. The Morgan fingerprint density at radius 1 is 1.25 bits per heavy atom. The molecule has 3 aliphatic rings. The Morgan fingerprint density at radius 2 is 1.96 bits per heavy atom. The number of anilines is 1. The van der Waals surface area contributed by atoms with Crippen LogP contribution in [0, 0.1) is 0 Å². The fourth-order valence-corrected chi connectivity index (χ4v) is 4.11. The lowest BCUT2D eigenvalue weighted by molar-refractivity contribution is -0.150. The summed E-state index contributed by atoms with van der Waals surface area (Å²) in [5.41, 5.74) is 1.06. The molecule has 24 heavy (non-hydrogen) atoms. The number of hydrogen-bond acceptors (Lipinski definition) is 5. The van der Waals surface area contributed by atoms with E-state index in [1.54, 1.807) is 0 Å². The largest absolute Gasteiger partial charge is 0.371 e. The van der Waals surface area contributed by atoms with Crippen LogP contribution in [0.15, 0.2) is 24.5 Å². The lowest BCUT2D eigenvalue weighted by atomic mass is 9.91. The third-order valence-corrected chi connectivity index (χ3v) is 5.67. The van der Waals surface area contributed by atoms with Crippen LogP contribution in [0.3, 0.4) is 0 Å². The molecule has 4 heterocycles. The van der Waals surface area contributed by atoms with Crippen molar-refractivity contribution in [2.24, 2.45) is 0 Å². The second kappa shape index (κ2) is 6.01. The molecular formula is C18H26N4O2. The summed E-state index contributed by atoms with van der Waals surface area (Å²) in [6, 6.07) is 4.49. The fourth-order valence-electron chi connectivity index (χ4n) is 4.11. The van der Waals surface area contributed by atoms with Gasteiger partial charge in [-0.2, -0.15) is 0 Å². The van der Waals surface area contributed by atoms with E-state index in [9.17, 15) is 4.79 Å². The van der Waals surface area contributed by atoms with Gasteiger partial charge in [0.25, 0.3) is 0 Å². The van der Waals surface area contributed by atoms with Crippen molar-refractivity contribution in [3.05, 3.63) is 24.5 Å². The van der Waals surface area contributed by atoms with E-state index in [1.165, 1.54) is 5.69 Å². The number of nitrogens with zero attached hydrogens (tertiary/aromatic N) is 4. The predicted molar refractivity (Wildman–Crippen MR) is 91.7 cm³/mol. The van der Waals surface area contributed by atoms with Crippen molar-refractivity contribution in [1.82, 2.24) is 14.8 Å². The summed E-state index contributed by atoms with van der Waals surface area (Å²) in [4.78, 5) is 23.2. The number of piperazine rings is 1. The number of hydrogen-bond donors (Lipinski definition) is 0. The number of aromatic nitrogens is 1. The Bertz CT molecular complexity index is 598. The molecule has 1 spiro atoms. The Labute approximate surface area is 143 Å². The van der Waals surface area contributed by atoms with Gasteiger partial charge in [0.1, 0.15) is 6.23 Å². The number of rotatable bonds is 2. The molecule has 3 aliphatic heterocycles. The zero-order valence-corrected chi connectivity index (χ0v) is 14.5. The van der Waals surface area contributed by atoms with E-state index in [2.05, 4.69) is 40.8 Å². The van der Waals surface area contributed by atoms with Crippen LogP contribution in [-0.4, -0.2) is 71.3 Å². The van der Waals surface area contributed by atoms with Crippen LogP contribution in [-0.2, 0) is 9.53 Å². The number of piperidine rings is 1. The first-order chi connectivity index (χ1) is 11.6. The molecule has 0 saturated carbocycles. The first-order valence-corrected chi connectivity index (χ1v) is 8.93. The van der Waals surface area contributed by atoms with E-state index in [0.29, 0.717) is 12.6 Å². The van der Waals surface area contributed by atoms with Crippen LogP contribution in [0.25, 0.3) is 0 Å². The van der Waals surface area contributed by atoms with Crippen molar-refractivity contribution in [2.45, 2.75) is 44.6 Å². The molecule has 1 amide bonds. The van der Waals surface area contributed by atoms with Gasteiger partial charge in [-0.3, -0.25) is 14.7 Å². The molecule has 1 aromatic heterocycles. The van der Waals surface area contributed by atoms with E-state index in [0.717, 1.165) is 39.0 Å². The monoisotopic (exact) mass is 330 g/mol. The fraction of sp³-hybridized carbons (Fsp3) is 0.667. The normalized spacial score (nSPS) is 27.1. The maximum absolute atomic E-state index is 12.5. The first-order valence-electron chi connectivity index (χ1n) is 8.93.